The average molecular weight is 293 g/mol. The lowest BCUT2D eigenvalue weighted by Crippen LogP contribution is -2.37. The maximum absolute atomic E-state index is 6.21. The average Bonchev–Trinajstić information content (AvgIpc) is 2.47. The highest BCUT2D eigenvalue weighted by Gasteiger charge is 2.26. The summed E-state index contributed by atoms with van der Waals surface area (Å²) in [5.41, 5.74) is 1.13. The van der Waals surface area contributed by atoms with Crippen LogP contribution in [0, 0.1) is 5.92 Å². The number of methoxy groups -OCH3 is 1. The van der Waals surface area contributed by atoms with Crippen LogP contribution in [-0.4, -0.2) is 32.5 Å². The normalized spacial score (nSPS) is 15.2. The Bertz CT molecular complexity index is 389. The quantitative estimate of drug-likeness (QED) is 0.751. The van der Waals surface area contributed by atoms with Gasteiger partial charge in [0.2, 0.25) is 0 Å². The van der Waals surface area contributed by atoms with E-state index >= 15 is 0 Å². The maximum Gasteiger partial charge on any atom is 0.0792 e. The Morgan fingerprint density at radius 1 is 1.14 bits per heavy atom. The first-order chi connectivity index (χ1) is 9.91. The summed E-state index contributed by atoms with van der Waals surface area (Å²) in [6.45, 7) is 9.30. The first-order valence-corrected chi connectivity index (χ1v) is 7.80. The van der Waals surface area contributed by atoms with Crippen molar-refractivity contribution < 1.29 is 9.47 Å². The summed E-state index contributed by atoms with van der Waals surface area (Å²) in [4.78, 5) is 0. The maximum atomic E-state index is 6.21. The topological polar surface area (TPSA) is 30.5 Å². The van der Waals surface area contributed by atoms with Gasteiger partial charge in [0.05, 0.1) is 17.7 Å². The Morgan fingerprint density at radius 2 is 1.76 bits per heavy atom. The molecule has 1 aromatic rings. The molecule has 0 bridgehead atoms. The predicted molar refractivity (Wildman–Crippen MR) is 88.5 cm³/mol. The smallest absolute Gasteiger partial charge is 0.0792 e. The van der Waals surface area contributed by atoms with Gasteiger partial charge in [-0.2, -0.15) is 0 Å². The van der Waals surface area contributed by atoms with E-state index in [9.17, 15) is 0 Å². The van der Waals surface area contributed by atoms with E-state index < -0.39 is 0 Å². The molecule has 0 spiro atoms. The number of benzene rings is 1. The lowest BCUT2D eigenvalue weighted by atomic mass is 9.93. The largest absolute Gasteiger partial charge is 0.379 e. The molecule has 0 amide bonds. The van der Waals surface area contributed by atoms with E-state index in [1.54, 1.807) is 7.11 Å². The minimum Gasteiger partial charge on any atom is -0.379 e. The van der Waals surface area contributed by atoms with E-state index in [-0.39, 0.29) is 17.7 Å². The first-order valence-electron chi connectivity index (χ1n) is 7.80. The summed E-state index contributed by atoms with van der Waals surface area (Å²) in [6, 6.07) is 10.7. The zero-order valence-corrected chi connectivity index (χ0v) is 14.3. The van der Waals surface area contributed by atoms with Gasteiger partial charge in [0.1, 0.15) is 0 Å². The SMILES string of the molecule is CNC(c1ccccc1)C(OCCC(C)(C)OC)C(C)C. The Morgan fingerprint density at radius 3 is 2.24 bits per heavy atom. The van der Waals surface area contributed by atoms with Crippen LogP contribution >= 0.6 is 0 Å². The lowest BCUT2D eigenvalue weighted by Gasteiger charge is -2.32. The Kier molecular flexibility index (Phi) is 7.36. The fraction of sp³-hybridized carbons (Fsp3) is 0.667. The molecule has 0 heterocycles. The Balaban J connectivity index is 2.71. The molecule has 3 nitrogen and oxygen atoms in total. The third-order valence-corrected chi connectivity index (χ3v) is 4.02. The van der Waals surface area contributed by atoms with Crippen molar-refractivity contribution in [1.82, 2.24) is 5.32 Å². The number of ether oxygens (including phenoxy) is 2. The number of likely N-dealkylation sites (N-methyl/N-ethyl adjacent to an activating group) is 1. The van der Waals surface area contributed by atoms with Crippen molar-refractivity contribution in [3.63, 3.8) is 0 Å². The van der Waals surface area contributed by atoms with Gasteiger partial charge >= 0.3 is 0 Å². The molecule has 3 heteroatoms. The van der Waals surface area contributed by atoms with Crippen molar-refractivity contribution in [2.24, 2.45) is 5.92 Å². The molecule has 0 radical (unpaired) electrons. The summed E-state index contributed by atoms with van der Waals surface area (Å²) in [5.74, 6) is 0.438. The molecule has 120 valence electrons. The zero-order chi connectivity index (χ0) is 15.9. The second kappa shape index (κ2) is 8.52. The molecule has 2 atom stereocenters. The van der Waals surface area contributed by atoms with E-state index in [0.717, 1.165) is 6.42 Å². The second-order valence-corrected chi connectivity index (χ2v) is 6.47. The zero-order valence-electron chi connectivity index (χ0n) is 14.3. The van der Waals surface area contributed by atoms with Crippen LogP contribution in [-0.2, 0) is 9.47 Å². The third kappa shape index (κ3) is 5.77. The van der Waals surface area contributed by atoms with Crippen LogP contribution in [0.5, 0.6) is 0 Å². The van der Waals surface area contributed by atoms with Gasteiger partial charge in [-0.1, -0.05) is 44.2 Å². The van der Waals surface area contributed by atoms with Gasteiger partial charge in [0.25, 0.3) is 0 Å². The molecule has 1 N–H and O–H groups in total. The highest BCUT2D eigenvalue weighted by atomic mass is 16.5. The standard InChI is InChI=1S/C18H31NO2/c1-14(2)17(21-13-12-18(3,4)20-6)16(19-5)15-10-8-7-9-11-15/h7-11,14,16-17,19H,12-13H2,1-6H3. The van der Waals surface area contributed by atoms with Crippen LogP contribution in [0.2, 0.25) is 0 Å². The molecule has 2 unspecified atom stereocenters. The van der Waals surface area contributed by atoms with Crippen molar-refractivity contribution in [2.75, 3.05) is 20.8 Å². The third-order valence-electron chi connectivity index (χ3n) is 4.02. The highest BCUT2D eigenvalue weighted by Crippen LogP contribution is 2.25. The van der Waals surface area contributed by atoms with Crippen LogP contribution < -0.4 is 5.32 Å². The van der Waals surface area contributed by atoms with Crippen molar-refractivity contribution in [3.8, 4) is 0 Å². The number of hydrogen-bond donors (Lipinski definition) is 1. The summed E-state index contributed by atoms with van der Waals surface area (Å²) in [6.07, 6.45) is 1.03. The molecule has 0 aliphatic carbocycles. The van der Waals surface area contributed by atoms with E-state index in [4.69, 9.17) is 9.47 Å². The summed E-state index contributed by atoms with van der Waals surface area (Å²) in [5, 5.41) is 3.41. The summed E-state index contributed by atoms with van der Waals surface area (Å²) >= 11 is 0. The van der Waals surface area contributed by atoms with Gasteiger partial charge in [-0.15, -0.1) is 0 Å². The van der Waals surface area contributed by atoms with Crippen molar-refractivity contribution in [1.29, 1.82) is 0 Å². The second-order valence-electron chi connectivity index (χ2n) is 6.47. The van der Waals surface area contributed by atoms with Gasteiger partial charge in [-0.3, -0.25) is 0 Å². The monoisotopic (exact) mass is 293 g/mol. The molecule has 0 aromatic heterocycles. The van der Waals surface area contributed by atoms with Crippen LogP contribution in [0.1, 0.15) is 45.7 Å². The molecule has 0 aliphatic heterocycles. The minimum absolute atomic E-state index is 0.135. The van der Waals surface area contributed by atoms with E-state index in [1.165, 1.54) is 5.56 Å². The van der Waals surface area contributed by atoms with Crippen molar-refractivity contribution >= 4 is 0 Å². The minimum atomic E-state index is -0.135. The number of nitrogens with one attached hydrogen (secondary N) is 1. The number of rotatable bonds is 9. The van der Waals surface area contributed by atoms with Crippen LogP contribution in [0.4, 0.5) is 0 Å². The van der Waals surface area contributed by atoms with Gasteiger partial charge in [-0.05, 0) is 38.8 Å². The van der Waals surface area contributed by atoms with Crippen LogP contribution in [0.25, 0.3) is 0 Å². The number of hydrogen-bond acceptors (Lipinski definition) is 3. The molecule has 1 aromatic carbocycles. The molecule has 21 heavy (non-hydrogen) atoms. The van der Waals surface area contributed by atoms with E-state index in [2.05, 4.69) is 57.3 Å². The predicted octanol–water partition coefficient (Wildman–Crippen LogP) is 3.80. The molecule has 0 saturated heterocycles. The molecule has 0 aliphatic rings. The molecule has 0 fully saturated rings. The lowest BCUT2D eigenvalue weighted by molar-refractivity contribution is -0.0476. The molecule has 1 rings (SSSR count). The highest BCUT2D eigenvalue weighted by molar-refractivity contribution is 5.20. The summed E-state index contributed by atoms with van der Waals surface area (Å²) in [7, 11) is 3.75. The molecular weight excluding hydrogens is 262 g/mol. The fourth-order valence-electron chi connectivity index (χ4n) is 2.40. The van der Waals surface area contributed by atoms with Crippen LogP contribution in [0.15, 0.2) is 30.3 Å². The van der Waals surface area contributed by atoms with Crippen LogP contribution in [0.3, 0.4) is 0 Å². The van der Waals surface area contributed by atoms with E-state index in [1.807, 2.05) is 13.1 Å². The van der Waals surface area contributed by atoms with Crippen molar-refractivity contribution in [3.05, 3.63) is 35.9 Å². The van der Waals surface area contributed by atoms with Gasteiger partial charge < -0.3 is 14.8 Å². The Hall–Kier alpha value is -0.900. The Labute approximate surface area is 130 Å². The molecular formula is C18H31NO2. The van der Waals surface area contributed by atoms with Gasteiger partial charge in [0, 0.05) is 13.7 Å². The van der Waals surface area contributed by atoms with Gasteiger partial charge in [-0.25, -0.2) is 0 Å². The summed E-state index contributed by atoms with van der Waals surface area (Å²) < 4.78 is 11.7. The van der Waals surface area contributed by atoms with Crippen molar-refractivity contribution in [2.45, 2.75) is 51.9 Å². The fourth-order valence-corrected chi connectivity index (χ4v) is 2.40. The first kappa shape index (κ1) is 18.1. The van der Waals surface area contributed by atoms with Gasteiger partial charge in [0.15, 0.2) is 0 Å². The van der Waals surface area contributed by atoms with E-state index in [0.29, 0.717) is 12.5 Å². The molecule has 0 saturated carbocycles.